The largest absolute Gasteiger partial charge is 0.310 e. The predicted octanol–water partition coefficient (Wildman–Crippen LogP) is 4.77. The van der Waals surface area contributed by atoms with Gasteiger partial charge in [0.2, 0.25) is 0 Å². The highest BCUT2D eigenvalue weighted by Gasteiger charge is 2.18. The lowest BCUT2D eigenvalue weighted by Gasteiger charge is -2.27. The molecule has 2 nitrogen and oxygen atoms in total. The summed E-state index contributed by atoms with van der Waals surface area (Å²) in [5, 5.41) is 5.82. The molecule has 20 heavy (non-hydrogen) atoms. The fourth-order valence-electron chi connectivity index (χ4n) is 3.09. The van der Waals surface area contributed by atoms with Gasteiger partial charge in [-0.15, -0.1) is 11.3 Å². The molecule has 1 N–H and O–H groups in total. The summed E-state index contributed by atoms with van der Waals surface area (Å²) in [7, 11) is 0. The summed E-state index contributed by atoms with van der Waals surface area (Å²) >= 11 is 1.77. The van der Waals surface area contributed by atoms with E-state index in [1.165, 1.54) is 35.9 Å². The maximum Gasteiger partial charge on any atom is 0.0809 e. The zero-order valence-electron chi connectivity index (χ0n) is 12.4. The third kappa shape index (κ3) is 3.21. The second-order valence-electron chi connectivity index (χ2n) is 6.33. The molecule has 3 heteroatoms. The summed E-state index contributed by atoms with van der Waals surface area (Å²) in [6, 6.07) is 4.77. The Morgan fingerprint density at radius 1 is 1.35 bits per heavy atom. The number of nitrogens with one attached hydrogen (secondary N) is 1. The third-order valence-electron chi connectivity index (χ3n) is 4.67. The molecule has 1 fully saturated rings. The van der Waals surface area contributed by atoms with Gasteiger partial charge in [-0.1, -0.05) is 19.8 Å². The van der Waals surface area contributed by atoms with Crippen LogP contribution in [0.5, 0.6) is 0 Å². The quantitative estimate of drug-likeness (QED) is 0.876. The molecule has 0 radical (unpaired) electrons. The van der Waals surface area contributed by atoms with E-state index in [2.05, 4.69) is 41.7 Å². The smallest absolute Gasteiger partial charge is 0.0809 e. The standard InChI is InChI=1S/C17H24N2S/c1-12-3-5-14(6-4-12)10-18-13(2)15-9-17-16(19-11-15)7-8-20-17/h7-9,11-14,18H,3-6,10H2,1-2H3. The molecule has 1 saturated carbocycles. The molecule has 1 aliphatic rings. The van der Waals surface area contributed by atoms with Gasteiger partial charge in [0.05, 0.1) is 10.2 Å². The first kappa shape index (κ1) is 14.0. The first-order chi connectivity index (χ1) is 9.72. The van der Waals surface area contributed by atoms with Crippen molar-refractivity contribution in [2.45, 2.75) is 45.6 Å². The van der Waals surface area contributed by atoms with Crippen molar-refractivity contribution in [1.29, 1.82) is 0 Å². The maximum atomic E-state index is 4.54. The summed E-state index contributed by atoms with van der Waals surface area (Å²) in [6.45, 7) is 5.78. The van der Waals surface area contributed by atoms with Gasteiger partial charge in [-0.2, -0.15) is 0 Å². The summed E-state index contributed by atoms with van der Waals surface area (Å²) in [5.74, 6) is 1.81. The van der Waals surface area contributed by atoms with Crippen molar-refractivity contribution in [3.63, 3.8) is 0 Å². The molecule has 0 aliphatic heterocycles. The minimum absolute atomic E-state index is 0.397. The first-order valence-electron chi connectivity index (χ1n) is 7.79. The van der Waals surface area contributed by atoms with Crippen LogP contribution in [0.1, 0.15) is 51.1 Å². The lowest BCUT2D eigenvalue weighted by molar-refractivity contribution is 0.276. The highest BCUT2D eigenvalue weighted by Crippen LogP contribution is 2.28. The van der Waals surface area contributed by atoms with Gasteiger partial charge in [-0.3, -0.25) is 4.98 Å². The Bertz CT molecular complexity index is 555. The Labute approximate surface area is 125 Å². The van der Waals surface area contributed by atoms with Crippen LogP contribution in [0.4, 0.5) is 0 Å². The molecule has 2 aromatic rings. The maximum absolute atomic E-state index is 4.54. The van der Waals surface area contributed by atoms with Crippen molar-refractivity contribution in [2.24, 2.45) is 11.8 Å². The number of fused-ring (bicyclic) bond motifs is 1. The Kier molecular flexibility index (Phi) is 4.37. The van der Waals surface area contributed by atoms with Crippen molar-refractivity contribution in [3.8, 4) is 0 Å². The number of rotatable bonds is 4. The van der Waals surface area contributed by atoms with E-state index in [9.17, 15) is 0 Å². The highest BCUT2D eigenvalue weighted by atomic mass is 32.1. The van der Waals surface area contributed by atoms with E-state index < -0.39 is 0 Å². The number of thiophene rings is 1. The van der Waals surface area contributed by atoms with Gasteiger partial charge in [-0.25, -0.2) is 0 Å². The van der Waals surface area contributed by atoms with Crippen LogP contribution >= 0.6 is 11.3 Å². The summed E-state index contributed by atoms with van der Waals surface area (Å²) < 4.78 is 1.29. The van der Waals surface area contributed by atoms with E-state index in [1.54, 1.807) is 11.3 Å². The summed E-state index contributed by atoms with van der Waals surface area (Å²) in [6.07, 6.45) is 7.62. The molecule has 1 aliphatic carbocycles. The average Bonchev–Trinajstić information content (AvgIpc) is 2.93. The first-order valence-corrected chi connectivity index (χ1v) is 8.67. The lowest BCUT2D eigenvalue weighted by atomic mass is 9.83. The lowest BCUT2D eigenvalue weighted by Crippen LogP contribution is -2.28. The van der Waals surface area contributed by atoms with Crippen LogP contribution in [0.2, 0.25) is 0 Å². The highest BCUT2D eigenvalue weighted by molar-refractivity contribution is 7.17. The average molecular weight is 288 g/mol. The molecule has 0 bridgehead atoms. The predicted molar refractivity (Wildman–Crippen MR) is 87.2 cm³/mol. The Morgan fingerprint density at radius 2 is 2.15 bits per heavy atom. The molecular weight excluding hydrogens is 264 g/mol. The number of pyridine rings is 1. The molecule has 3 rings (SSSR count). The Balaban J connectivity index is 1.57. The molecule has 2 aromatic heterocycles. The minimum atomic E-state index is 0.397. The van der Waals surface area contributed by atoms with Crippen molar-refractivity contribution in [3.05, 3.63) is 29.3 Å². The van der Waals surface area contributed by atoms with E-state index in [0.29, 0.717) is 6.04 Å². The van der Waals surface area contributed by atoms with Crippen molar-refractivity contribution < 1.29 is 0 Å². The van der Waals surface area contributed by atoms with E-state index in [0.717, 1.165) is 23.9 Å². The molecule has 2 heterocycles. The monoisotopic (exact) mass is 288 g/mol. The number of hydrogen-bond donors (Lipinski definition) is 1. The van der Waals surface area contributed by atoms with Crippen molar-refractivity contribution >= 4 is 21.6 Å². The summed E-state index contributed by atoms with van der Waals surface area (Å²) in [5.41, 5.74) is 2.43. The molecule has 0 amide bonds. The van der Waals surface area contributed by atoms with E-state index in [-0.39, 0.29) is 0 Å². The zero-order chi connectivity index (χ0) is 13.9. The number of hydrogen-bond acceptors (Lipinski definition) is 3. The fraction of sp³-hybridized carbons (Fsp3) is 0.588. The summed E-state index contributed by atoms with van der Waals surface area (Å²) in [4.78, 5) is 4.54. The van der Waals surface area contributed by atoms with E-state index in [1.807, 2.05) is 6.20 Å². The number of nitrogens with zero attached hydrogens (tertiary/aromatic N) is 1. The molecule has 0 saturated heterocycles. The topological polar surface area (TPSA) is 24.9 Å². The van der Waals surface area contributed by atoms with Gasteiger partial charge in [-0.05, 0) is 61.2 Å². The third-order valence-corrected chi connectivity index (χ3v) is 5.53. The van der Waals surface area contributed by atoms with Gasteiger partial charge in [0.1, 0.15) is 0 Å². The van der Waals surface area contributed by atoms with Crippen LogP contribution in [-0.4, -0.2) is 11.5 Å². The molecule has 1 unspecified atom stereocenters. The van der Waals surface area contributed by atoms with Gasteiger partial charge in [0.25, 0.3) is 0 Å². The van der Waals surface area contributed by atoms with Crippen LogP contribution in [0.25, 0.3) is 10.2 Å². The van der Waals surface area contributed by atoms with Crippen molar-refractivity contribution in [1.82, 2.24) is 10.3 Å². The number of aromatic nitrogens is 1. The van der Waals surface area contributed by atoms with Crippen LogP contribution in [-0.2, 0) is 0 Å². The molecule has 0 spiro atoms. The Hall–Kier alpha value is -0.930. The van der Waals surface area contributed by atoms with Gasteiger partial charge >= 0.3 is 0 Å². The van der Waals surface area contributed by atoms with E-state index in [4.69, 9.17) is 0 Å². The Morgan fingerprint density at radius 3 is 2.95 bits per heavy atom. The second-order valence-corrected chi connectivity index (χ2v) is 7.28. The van der Waals surface area contributed by atoms with Crippen LogP contribution in [0.3, 0.4) is 0 Å². The van der Waals surface area contributed by atoms with Crippen molar-refractivity contribution in [2.75, 3.05) is 6.54 Å². The van der Waals surface area contributed by atoms with E-state index >= 15 is 0 Å². The van der Waals surface area contributed by atoms with Crippen LogP contribution in [0.15, 0.2) is 23.7 Å². The molecule has 108 valence electrons. The fourth-order valence-corrected chi connectivity index (χ4v) is 3.88. The van der Waals surface area contributed by atoms with Crippen LogP contribution in [0, 0.1) is 11.8 Å². The van der Waals surface area contributed by atoms with Gasteiger partial charge in [0.15, 0.2) is 0 Å². The minimum Gasteiger partial charge on any atom is -0.310 e. The molecule has 1 atom stereocenters. The van der Waals surface area contributed by atoms with Gasteiger partial charge in [0, 0.05) is 12.2 Å². The normalized spacial score (nSPS) is 24.9. The zero-order valence-corrected chi connectivity index (χ0v) is 13.2. The molecule has 0 aromatic carbocycles. The van der Waals surface area contributed by atoms with Crippen LogP contribution < -0.4 is 5.32 Å². The van der Waals surface area contributed by atoms with Gasteiger partial charge < -0.3 is 5.32 Å². The second kappa shape index (κ2) is 6.23. The molecular formula is C17H24N2S. The SMILES string of the molecule is CC1CCC(CNC(C)c2cnc3ccsc3c2)CC1.